The molecule has 0 aliphatic carbocycles. The van der Waals surface area contributed by atoms with E-state index in [1.807, 2.05) is 61.5 Å². The van der Waals surface area contributed by atoms with Crippen LogP contribution < -0.4 is 5.32 Å². The predicted octanol–water partition coefficient (Wildman–Crippen LogP) is 4.03. The van der Waals surface area contributed by atoms with E-state index in [0.717, 1.165) is 11.1 Å². The summed E-state index contributed by atoms with van der Waals surface area (Å²) < 4.78 is 5.32. The minimum absolute atomic E-state index is 0.144. The zero-order chi connectivity index (χ0) is 18.5. The van der Waals surface area contributed by atoms with Crippen molar-refractivity contribution in [1.29, 1.82) is 0 Å². The van der Waals surface area contributed by atoms with Gasteiger partial charge in [-0.25, -0.2) is 0 Å². The van der Waals surface area contributed by atoms with Crippen LogP contribution in [0, 0.1) is 0 Å². The molecule has 0 fully saturated rings. The van der Waals surface area contributed by atoms with E-state index in [2.05, 4.69) is 10.5 Å². The molecule has 0 bridgehead atoms. The van der Waals surface area contributed by atoms with Crippen LogP contribution in [-0.4, -0.2) is 36.6 Å². The van der Waals surface area contributed by atoms with E-state index in [9.17, 15) is 4.79 Å². The minimum Gasteiger partial charge on any atom is -0.355 e. The van der Waals surface area contributed by atoms with Gasteiger partial charge in [0.25, 0.3) is 5.91 Å². The molecule has 5 nitrogen and oxygen atoms in total. The Morgan fingerprint density at radius 3 is 2.50 bits per heavy atom. The standard InChI is InChI=1S/C20H20ClN3O2/c1-24(2)13-18(14-6-4-3-5-7-14)22-20(25)17-12-19(26-23-17)15-8-10-16(21)11-9-15/h3-12,18H,13H2,1-2H3,(H,22,25). The van der Waals surface area contributed by atoms with Gasteiger partial charge in [-0.3, -0.25) is 4.79 Å². The Kier molecular flexibility index (Phi) is 5.71. The van der Waals surface area contributed by atoms with Crippen molar-refractivity contribution in [1.82, 2.24) is 15.4 Å². The smallest absolute Gasteiger partial charge is 0.274 e. The van der Waals surface area contributed by atoms with Crippen molar-refractivity contribution in [3.05, 3.63) is 76.9 Å². The van der Waals surface area contributed by atoms with E-state index < -0.39 is 0 Å². The molecule has 1 amide bonds. The molecule has 1 atom stereocenters. The van der Waals surface area contributed by atoms with Crippen molar-refractivity contribution >= 4 is 17.5 Å². The first-order valence-electron chi connectivity index (χ1n) is 8.26. The Labute approximate surface area is 157 Å². The van der Waals surface area contributed by atoms with E-state index in [4.69, 9.17) is 16.1 Å². The van der Waals surface area contributed by atoms with Crippen molar-refractivity contribution in [2.45, 2.75) is 6.04 Å². The molecule has 134 valence electrons. The number of aromatic nitrogens is 1. The highest BCUT2D eigenvalue weighted by atomic mass is 35.5. The summed E-state index contributed by atoms with van der Waals surface area (Å²) in [4.78, 5) is 14.7. The number of rotatable bonds is 6. The maximum absolute atomic E-state index is 12.6. The first kappa shape index (κ1) is 18.2. The van der Waals surface area contributed by atoms with Crippen molar-refractivity contribution in [3.8, 4) is 11.3 Å². The van der Waals surface area contributed by atoms with Gasteiger partial charge >= 0.3 is 0 Å². The van der Waals surface area contributed by atoms with Crippen LogP contribution in [-0.2, 0) is 0 Å². The van der Waals surface area contributed by atoms with E-state index in [1.54, 1.807) is 18.2 Å². The molecular formula is C20H20ClN3O2. The molecule has 0 saturated carbocycles. The molecule has 6 heteroatoms. The second kappa shape index (κ2) is 8.17. The zero-order valence-electron chi connectivity index (χ0n) is 14.6. The first-order valence-corrected chi connectivity index (χ1v) is 8.64. The first-order chi connectivity index (χ1) is 12.5. The van der Waals surface area contributed by atoms with Crippen LogP contribution in [0.15, 0.2) is 65.2 Å². The summed E-state index contributed by atoms with van der Waals surface area (Å²) in [5, 5.41) is 7.58. The quantitative estimate of drug-likeness (QED) is 0.712. The van der Waals surface area contributed by atoms with Crippen LogP contribution in [0.4, 0.5) is 0 Å². The SMILES string of the molecule is CN(C)CC(NC(=O)c1cc(-c2ccc(Cl)cc2)on1)c1ccccc1. The Balaban J connectivity index is 1.76. The monoisotopic (exact) mass is 369 g/mol. The fourth-order valence-electron chi connectivity index (χ4n) is 2.65. The fraction of sp³-hybridized carbons (Fsp3) is 0.200. The number of nitrogens with one attached hydrogen (secondary N) is 1. The number of benzene rings is 2. The number of halogens is 1. The number of carbonyl (C=O) groups excluding carboxylic acids is 1. The molecule has 0 aliphatic heterocycles. The second-order valence-electron chi connectivity index (χ2n) is 6.28. The van der Waals surface area contributed by atoms with E-state index in [0.29, 0.717) is 17.3 Å². The highest BCUT2D eigenvalue weighted by molar-refractivity contribution is 6.30. The average Bonchev–Trinajstić information content (AvgIpc) is 3.12. The molecule has 1 unspecified atom stereocenters. The third-order valence-corrected chi connectivity index (χ3v) is 4.18. The van der Waals surface area contributed by atoms with Crippen molar-refractivity contribution < 1.29 is 9.32 Å². The zero-order valence-corrected chi connectivity index (χ0v) is 15.4. The van der Waals surface area contributed by atoms with Crippen LogP contribution in [0.3, 0.4) is 0 Å². The van der Waals surface area contributed by atoms with Gasteiger partial charge in [0, 0.05) is 23.2 Å². The summed E-state index contributed by atoms with van der Waals surface area (Å²) >= 11 is 5.90. The predicted molar refractivity (Wildman–Crippen MR) is 102 cm³/mol. The lowest BCUT2D eigenvalue weighted by molar-refractivity contribution is 0.0921. The molecule has 1 heterocycles. The second-order valence-corrected chi connectivity index (χ2v) is 6.72. The molecule has 1 N–H and O–H groups in total. The molecule has 26 heavy (non-hydrogen) atoms. The van der Waals surface area contributed by atoms with Gasteiger partial charge in [-0.1, -0.05) is 47.1 Å². The summed E-state index contributed by atoms with van der Waals surface area (Å²) in [5.41, 5.74) is 2.10. The molecule has 0 aliphatic rings. The number of carbonyl (C=O) groups is 1. The van der Waals surface area contributed by atoms with Crippen molar-refractivity contribution in [2.24, 2.45) is 0 Å². The Morgan fingerprint density at radius 2 is 1.85 bits per heavy atom. The molecule has 2 aromatic carbocycles. The average molecular weight is 370 g/mol. The highest BCUT2D eigenvalue weighted by Gasteiger charge is 2.19. The van der Waals surface area contributed by atoms with Crippen LogP contribution in [0.5, 0.6) is 0 Å². The van der Waals surface area contributed by atoms with Crippen LogP contribution in [0.2, 0.25) is 5.02 Å². The van der Waals surface area contributed by atoms with Gasteiger partial charge < -0.3 is 14.7 Å². The van der Waals surface area contributed by atoms with Crippen LogP contribution >= 0.6 is 11.6 Å². The molecule has 3 rings (SSSR count). The van der Waals surface area contributed by atoms with E-state index in [1.165, 1.54) is 0 Å². The Morgan fingerprint density at radius 1 is 1.15 bits per heavy atom. The number of hydrogen-bond donors (Lipinski definition) is 1. The molecule has 3 aromatic rings. The summed E-state index contributed by atoms with van der Waals surface area (Å²) in [6.07, 6.45) is 0. The third-order valence-electron chi connectivity index (χ3n) is 3.93. The molecule has 0 radical (unpaired) electrons. The Bertz CT molecular complexity index is 860. The summed E-state index contributed by atoms with van der Waals surface area (Å²) in [6.45, 7) is 0.678. The summed E-state index contributed by atoms with van der Waals surface area (Å²) in [6, 6.07) is 18.5. The largest absolute Gasteiger partial charge is 0.355 e. The number of hydrogen-bond acceptors (Lipinski definition) is 4. The lowest BCUT2D eigenvalue weighted by Gasteiger charge is -2.22. The normalized spacial score (nSPS) is 12.2. The summed E-state index contributed by atoms with van der Waals surface area (Å²) in [5.74, 6) is 0.250. The molecule has 0 saturated heterocycles. The number of amides is 1. The van der Waals surface area contributed by atoms with Gasteiger partial charge in [-0.2, -0.15) is 0 Å². The Hall–Kier alpha value is -2.63. The summed E-state index contributed by atoms with van der Waals surface area (Å²) in [7, 11) is 3.94. The maximum Gasteiger partial charge on any atom is 0.274 e. The van der Waals surface area contributed by atoms with Crippen LogP contribution in [0.25, 0.3) is 11.3 Å². The lowest BCUT2D eigenvalue weighted by atomic mass is 10.1. The fourth-order valence-corrected chi connectivity index (χ4v) is 2.78. The van der Waals surface area contributed by atoms with E-state index in [-0.39, 0.29) is 17.6 Å². The third kappa shape index (κ3) is 4.50. The number of likely N-dealkylation sites (N-methyl/N-ethyl adjacent to an activating group) is 1. The lowest BCUT2D eigenvalue weighted by Crippen LogP contribution is -2.35. The molecular weight excluding hydrogens is 350 g/mol. The van der Waals surface area contributed by atoms with E-state index >= 15 is 0 Å². The highest BCUT2D eigenvalue weighted by Crippen LogP contribution is 2.23. The molecule has 0 spiro atoms. The maximum atomic E-state index is 12.6. The van der Waals surface area contributed by atoms with Gasteiger partial charge in [0.2, 0.25) is 0 Å². The van der Waals surface area contributed by atoms with Gasteiger partial charge in [0.1, 0.15) is 0 Å². The minimum atomic E-state index is -0.273. The van der Waals surface area contributed by atoms with Crippen LogP contribution in [0.1, 0.15) is 22.1 Å². The van der Waals surface area contributed by atoms with Gasteiger partial charge in [0.15, 0.2) is 11.5 Å². The molecule has 1 aromatic heterocycles. The van der Waals surface area contributed by atoms with Gasteiger partial charge in [0.05, 0.1) is 6.04 Å². The van der Waals surface area contributed by atoms with Gasteiger partial charge in [-0.15, -0.1) is 0 Å². The number of nitrogens with zero attached hydrogens (tertiary/aromatic N) is 2. The van der Waals surface area contributed by atoms with Crippen molar-refractivity contribution in [3.63, 3.8) is 0 Å². The van der Waals surface area contributed by atoms with Crippen molar-refractivity contribution in [2.75, 3.05) is 20.6 Å². The van der Waals surface area contributed by atoms with Gasteiger partial charge in [-0.05, 0) is 43.9 Å². The topological polar surface area (TPSA) is 58.4 Å².